The van der Waals surface area contributed by atoms with Crippen LogP contribution in [-0.4, -0.2) is 23.4 Å². The van der Waals surface area contributed by atoms with Crippen molar-refractivity contribution in [2.75, 3.05) is 0 Å². The molecule has 78 valence electrons. The zero-order chi connectivity index (χ0) is 10.7. The van der Waals surface area contributed by atoms with Gasteiger partial charge < -0.3 is 10.2 Å². The monoisotopic (exact) mass is 206 g/mol. The molecule has 1 aromatic rings. The van der Waals surface area contributed by atoms with Crippen LogP contribution < -0.4 is 11.2 Å². The minimum atomic E-state index is -0.415. The summed E-state index contributed by atoms with van der Waals surface area (Å²) in [5, 5.41) is 1.39. The molecule has 1 amide bonds. The fourth-order valence-corrected chi connectivity index (χ4v) is 1.10. The van der Waals surface area contributed by atoms with Crippen molar-refractivity contribution in [3.63, 3.8) is 0 Å². The standard InChI is InChI=1S/C9H10N4O2/c10-8-3-4-11-6-13(8)12-9(14)7-2-1-5-15-7/h1-6,8H,10H2,(H,12,14). The summed E-state index contributed by atoms with van der Waals surface area (Å²) in [4.78, 5) is 15.4. The lowest BCUT2D eigenvalue weighted by molar-refractivity contribution is 0.0826. The van der Waals surface area contributed by atoms with E-state index in [0.717, 1.165) is 0 Å². The predicted molar refractivity (Wildman–Crippen MR) is 53.6 cm³/mol. The van der Waals surface area contributed by atoms with Crippen molar-refractivity contribution in [3.05, 3.63) is 36.4 Å². The van der Waals surface area contributed by atoms with Gasteiger partial charge in [0, 0.05) is 6.20 Å². The topological polar surface area (TPSA) is 83.9 Å². The normalized spacial score (nSPS) is 19.3. The second-order valence-electron chi connectivity index (χ2n) is 2.92. The lowest BCUT2D eigenvalue weighted by Crippen LogP contribution is -2.51. The van der Waals surface area contributed by atoms with Gasteiger partial charge in [0.2, 0.25) is 0 Å². The highest BCUT2D eigenvalue weighted by molar-refractivity contribution is 5.91. The van der Waals surface area contributed by atoms with Gasteiger partial charge in [-0.2, -0.15) is 0 Å². The van der Waals surface area contributed by atoms with E-state index in [1.54, 1.807) is 24.4 Å². The smallest absolute Gasteiger partial charge is 0.305 e. The summed E-state index contributed by atoms with van der Waals surface area (Å²) >= 11 is 0. The number of nitrogens with zero attached hydrogens (tertiary/aromatic N) is 2. The first-order chi connectivity index (χ1) is 7.27. The second-order valence-corrected chi connectivity index (χ2v) is 2.92. The van der Waals surface area contributed by atoms with Crippen molar-refractivity contribution in [2.24, 2.45) is 10.7 Å². The summed E-state index contributed by atoms with van der Waals surface area (Å²) in [6.45, 7) is 0. The van der Waals surface area contributed by atoms with Gasteiger partial charge >= 0.3 is 5.91 Å². The quantitative estimate of drug-likeness (QED) is 0.717. The van der Waals surface area contributed by atoms with Gasteiger partial charge in [0.05, 0.1) is 6.26 Å². The molecule has 1 unspecified atom stereocenters. The van der Waals surface area contributed by atoms with Crippen molar-refractivity contribution in [1.82, 2.24) is 10.4 Å². The number of nitrogens with one attached hydrogen (secondary N) is 1. The molecule has 3 N–H and O–H groups in total. The zero-order valence-corrected chi connectivity index (χ0v) is 7.83. The van der Waals surface area contributed by atoms with Crippen LogP contribution in [0.4, 0.5) is 0 Å². The molecule has 0 bridgehead atoms. The summed E-state index contributed by atoms with van der Waals surface area (Å²) in [6.07, 6.45) is 5.68. The number of hydrazine groups is 1. The van der Waals surface area contributed by atoms with Crippen LogP contribution >= 0.6 is 0 Å². The summed E-state index contributed by atoms with van der Waals surface area (Å²) in [6, 6.07) is 3.21. The molecule has 6 heteroatoms. The van der Waals surface area contributed by atoms with E-state index in [1.807, 2.05) is 0 Å². The van der Waals surface area contributed by atoms with Gasteiger partial charge in [-0.05, 0) is 18.2 Å². The minimum absolute atomic E-state index is 0.227. The second kappa shape index (κ2) is 3.97. The van der Waals surface area contributed by atoms with Gasteiger partial charge in [-0.3, -0.25) is 15.2 Å². The molecule has 0 saturated carbocycles. The van der Waals surface area contributed by atoms with Crippen molar-refractivity contribution in [3.8, 4) is 0 Å². The van der Waals surface area contributed by atoms with Crippen LogP contribution in [0.1, 0.15) is 10.6 Å². The molecule has 1 atom stereocenters. The number of furan rings is 1. The molecule has 0 aromatic carbocycles. The van der Waals surface area contributed by atoms with Gasteiger partial charge in [-0.25, -0.2) is 4.99 Å². The minimum Gasteiger partial charge on any atom is -0.459 e. The Bertz CT molecular complexity index is 396. The van der Waals surface area contributed by atoms with Crippen molar-refractivity contribution >= 4 is 12.2 Å². The SMILES string of the molecule is NC1C=CN=CN1NC(=O)c1ccco1. The van der Waals surface area contributed by atoms with Crippen LogP contribution in [-0.2, 0) is 0 Å². The maximum atomic E-state index is 11.5. The summed E-state index contributed by atoms with van der Waals surface area (Å²) < 4.78 is 4.93. The number of hydrogen-bond donors (Lipinski definition) is 2. The molecule has 0 radical (unpaired) electrons. The lowest BCUT2D eigenvalue weighted by atomic mass is 10.4. The Hall–Kier alpha value is -2.08. The van der Waals surface area contributed by atoms with E-state index in [2.05, 4.69) is 10.4 Å². The first-order valence-electron chi connectivity index (χ1n) is 4.36. The maximum absolute atomic E-state index is 11.5. The summed E-state index contributed by atoms with van der Waals surface area (Å²) in [7, 11) is 0. The number of amides is 1. The van der Waals surface area contributed by atoms with Gasteiger partial charge in [0.1, 0.15) is 12.5 Å². The van der Waals surface area contributed by atoms with Crippen molar-refractivity contribution in [1.29, 1.82) is 0 Å². The van der Waals surface area contributed by atoms with E-state index in [9.17, 15) is 4.79 Å². The molecule has 0 aliphatic carbocycles. The molecule has 2 rings (SSSR count). The third-order valence-electron chi connectivity index (χ3n) is 1.86. The number of carbonyl (C=O) groups excluding carboxylic acids is 1. The van der Waals surface area contributed by atoms with Gasteiger partial charge in [-0.15, -0.1) is 0 Å². The lowest BCUT2D eigenvalue weighted by Gasteiger charge is -2.25. The Labute approximate surface area is 86.0 Å². The fourth-order valence-electron chi connectivity index (χ4n) is 1.10. The van der Waals surface area contributed by atoms with Crippen LogP contribution in [0.25, 0.3) is 0 Å². The number of nitrogens with two attached hydrogens (primary N) is 1. The Morgan fingerprint density at radius 3 is 3.20 bits per heavy atom. The number of carbonyl (C=O) groups is 1. The molecule has 0 saturated heterocycles. The van der Waals surface area contributed by atoms with Crippen LogP contribution in [0.2, 0.25) is 0 Å². The highest BCUT2D eigenvalue weighted by Crippen LogP contribution is 2.01. The van der Waals surface area contributed by atoms with E-state index in [1.165, 1.54) is 17.6 Å². The van der Waals surface area contributed by atoms with Crippen LogP contribution in [0.5, 0.6) is 0 Å². The van der Waals surface area contributed by atoms with E-state index in [-0.39, 0.29) is 11.7 Å². The highest BCUT2D eigenvalue weighted by atomic mass is 16.3. The summed E-state index contributed by atoms with van der Waals surface area (Å²) in [5.41, 5.74) is 8.23. The number of aliphatic imine (C=N–C) groups is 1. The molecule has 1 aliphatic heterocycles. The first-order valence-corrected chi connectivity index (χ1v) is 4.36. The average Bonchev–Trinajstić information content (AvgIpc) is 2.74. The molecule has 0 fully saturated rings. The fraction of sp³-hybridized carbons (Fsp3) is 0.111. The molecular formula is C9H10N4O2. The first kappa shape index (κ1) is 9.47. The Morgan fingerprint density at radius 1 is 1.67 bits per heavy atom. The Morgan fingerprint density at radius 2 is 2.53 bits per heavy atom. The van der Waals surface area contributed by atoms with E-state index in [0.29, 0.717) is 0 Å². The van der Waals surface area contributed by atoms with Crippen LogP contribution in [0, 0.1) is 0 Å². The third kappa shape index (κ3) is 2.05. The zero-order valence-electron chi connectivity index (χ0n) is 7.83. The highest BCUT2D eigenvalue weighted by Gasteiger charge is 2.15. The largest absolute Gasteiger partial charge is 0.459 e. The van der Waals surface area contributed by atoms with E-state index < -0.39 is 6.17 Å². The van der Waals surface area contributed by atoms with Crippen LogP contribution in [0.15, 0.2) is 40.1 Å². The van der Waals surface area contributed by atoms with Gasteiger partial charge in [0.25, 0.3) is 0 Å². The maximum Gasteiger partial charge on any atom is 0.305 e. The van der Waals surface area contributed by atoms with E-state index in [4.69, 9.17) is 10.2 Å². The molecule has 1 aromatic heterocycles. The molecular weight excluding hydrogens is 196 g/mol. The third-order valence-corrected chi connectivity index (χ3v) is 1.86. The number of hydrogen-bond acceptors (Lipinski definition) is 5. The predicted octanol–water partition coefficient (Wildman–Crippen LogP) is 0.0668. The van der Waals surface area contributed by atoms with Crippen molar-refractivity contribution < 1.29 is 9.21 Å². The average molecular weight is 206 g/mol. The molecule has 0 spiro atoms. The van der Waals surface area contributed by atoms with Gasteiger partial charge in [-0.1, -0.05) is 0 Å². The van der Waals surface area contributed by atoms with Crippen molar-refractivity contribution in [2.45, 2.75) is 6.17 Å². The Kier molecular flexibility index (Phi) is 2.51. The van der Waals surface area contributed by atoms with Gasteiger partial charge in [0.15, 0.2) is 5.76 Å². The number of rotatable bonds is 2. The Balaban J connectivity index is 2.01. The molecule has 15 heavy (non-hydrogen) atoms. The summed E-state index contributed by atoms with van der Waals surface area (Å²) in [5.74, 6) is -0.137. The molecule has 1 aliphatic rings. The molecule has 6 nitrogen and oxygen atoms in total. The van der Waals surface area contributed by atoms with E-state index >= 15 is 0 Å². The molecule has 2 heterocycles. The van der Waals surface area contributed by atoms with Crippen LogP contribution in [0.3, 0.4) is 0 Å².